The topological polar surface area (TPSA) is 44.1 Å². The predicted octanol–water partition coefficient (Wildman–Crippen LogP) is 3.07. The molecule has 0 radical (unpaired) electrons. The zero-order valence-corrected chi connectivity index (χ0v) is 13.2. The van der Waals surface area contributed by atoms with Gasteiger partial charge in [-0.3, -0.25) is 9.48 Å². The lowest BCUT2D eigenvalue weighted by atomic mass is 10.1. The smallest absolute Gasteiger partial charge is 0.142 e. The average molecular weight is 337 g/mol. The number of ether oxygens (including phenoxy) is 1. The van der Waals surface area contributed by atoms with Crippen LogP contribution in [-0.4, -0.2) is 22.2 Å². The zero-order valence-electron chi connectivity index (χ0n) is 11.6. The number of halogens is 1. The molecule has 0 saturated heterocycles. The van der Waals surface area contributed by atoms with Gasteiger partial charge in [-0.15, -0.1) is 0 Å². The second-order valence-corrected chi connectivity index (χ2v) is 5.39. The minimum Gasteiger partial charge on any atom is -0.493 e. The summed E-state index contributed by atoms with van der Waals surface area (Å²) in [6, 6.07) is 9.51. The van der Waals surface area contributed by atoms with Gasteiger partial charge in [0.2, 0.25) is 0 Å². The van der Waals surface area contributed by atoms with Crippen molar-refractivity contribution >= 4 is 21.7 Å². The van der Waals surface area contributed by atoms with E-state index in [1.807, 2.05) is 44.3 Å². The second kappa shape index (κ2) is 6.70. The van der Waals surface area contributed by atoms with E-state index >= 15 is 0 Å². The largest absolute Gasteiger partial charge is 0.493 e. The molecule has 0 unspecified atom stereocenters. The van der Waals surface area contributed by atoms with Crippen molar-refractivity contribution in [2.75, 3.05) is 6.61 Å². The first kappa shape index (κ1) is 14.8. The molecule has 1 aromatic carbocycles. The van der Waals surface area contributed by atoms with Crippen LogP contribution >= 0.6 is 15.9 Å². The zero-order chi connectivity index (χ0) is 14.5. The quantitative estimate of drug-likeness (QED) is 0.814. The molecule has 0 aliphatic rings. The molecule has 20 heavy (non-hydrogen) atoms. The number of benzene rings is 1. The Morgan fingerprint density at radius 1 is 1.35 bits per heavy atom. The van der Waals surface area contributed by atoms with Crippen molar-refractivity contribution < 1.29 is 9.53 Å². The van der Waals surface area contributed by atoms with Gasteiger partial charge in [0.15, 0.2) is 0 Å². The highest BCUT2D eigenvalue weighted by molar-refractivity contribution is 9.10. The SMILES string of the molecule is Cc1nn(C)c(CC(=O)CCOc2ccccc2)c1Br. The highest BCUT2D eigenvalue weighted by Gasteiger charge is 2.14. The van der Waals surface area contributed by atoms with Crippen LogP contribution in [0.1, 0.15) is 17.8 Å². The molecule has 0 aliphatic carbocycles. The summed E-state index contributed by atoms with van der Waals surface area (Å²) in [6.45, 7) is 2.31. The van der Waals surface area contributed by atoms with Crippen LogP contribution in [0.15, 0.2) is 34.8 Å². The van der Waals surface area contributed by atoms with Crippen molar-refractivity contribution in [3.8, 4) is 5.75 Å². The van der Waals surface area contributed by atoms with E-state index in [0.29, 0.717) is 19.4 Å². The molecule has 106 valence electrons. The Bertz CT molecular complexity index is 593. The van der Waals surface area contributed by atoms with E-state index < -0.39 is 0 Å². The Hall–Kier alpha value is -1.62. The van der Waals surface area contributed by atoms with E-state index in [1.165, 1.54) is 0 Å². The van der Waals surface area contributed by atoms with Gasteiger partial charge in [0, 0.05) is 19.9 Å². The number of nitrogens with zero attached hydrogens (tertiary/aromatic N) is 2. The van der Waals surface area contributed by atoms with Crippen LogP contribution < -0.4 is 4.74 Å². The monoisotopic (exact) mass is 336 g/mol. The van der Waals surface area contributed by atoms with E-state index in [2.05, 4.69) is 21.0 Å². The highest BCUT2D eigenvalue weighted by atomic mass is 79.9. The molecule has 0 saturated carbocycles. The third kappa shape index (κ3) is 3.70. The Kier molecular flexibility index (Phi) is 4.95. The molecule has 2 rings (SSSR count). The van der Waals surface area contributed by atoms with E-state index in [4.69, 9.17) is 4.74 Å². The van der Waals surface area contributed by atoms with Gasteiger partial charge in [-0.25, -0.2) is 0 Å². The molecule has 0 amide bonds. The summed E-state index contributed by atoms with van der Waals surface area (Å²) in [7, 11) is 1.85. The third-order valence-corrected chi connectivity index (χ3v) is 4.05. The molecule has 2 aromatic rings. The summed E-state index contributed by atoms with van der Waals surface area (Å²) in [5.41, 5.74) is 1.81. The Balaban J connectivity index is 1.84. The number of carbonyl (C=O) groups excluding carboxylic acids is 1. The number of aromatic nitrogens is 2. The fourth-order valence-electron chi connectivity index (χ4n) is 1.95. The first-order valence-corrected chi connectivity index (χ1v) is 7.24. The van der Waals surface area contributed by atoms with Gasteiger partial charge in [0.05, 0.1) is 22.5 Å². The number of para-hydroxylation sites is 1. The van der Waals surface area contributed by atoms with Crippen LogP contribution in [0, 0.1) is 6.92 Å². The van der Waals surface area contributed by atoms with E-state index in [-0.39, 0.29) is 5.78 Å². The number of hydrogen-bond donors (Lipinski definition) is 0. The van der Waals surface area contributed by atoms with Gasteiger partial charge in [-0.1, -0.05) is 18.2 Å². The summed E-state index contributed by atoms with van der Waals surface area (Å²) in [5.74, 6) is 0.933. The molecule has 4 nitrogen and oxygen atoms in total. The summed E-state index contributed by atoms with van der Waals surface area (Å²) in [6.07, 6.45) is 0.766. The average Bonchev–Trinajstić information content (AvgIpc) is 2.67. The highest BCUT2D eigenvalue weighted by Crippen LogP contribution is 2.21. The van der Waals surface area contributed by atoms with E-state index in [9.17, 15) is 4.79 Å². The number of Topliss-reactive ketones (excluding diaryl/α,β-unsaturated/α-hetero) is 1. The first-order chi connectivity index (χ1) is 9.58. The molecule has 0 bridgehead atoms. The molecule has 0 aliphatic heterocycles. The second-order valence-electron chi connectivity index (χ2n) is 4.60. The maximum absolute atomic E-state index is 12.0. The molecular formula is C15H17BrN2O2. The summed E-state index contributed by atoms with van der Waals surface area (Å²) in [5, 5.41) is 4.28. The Labute approximate surface area is 126 Å². The molecule has 0 atom stereocenters. The lowest BCUT2D eigenvalue weighted by molar-refractivity contribution is -0.119. The molecular weight excluding hydrogens is 320 g/mol. The van der Waals surface area contributed by atoms with Crippen LogP contribution in [0.4, 0.5) is 0 Å². The number of ketones is 1. The van der Waals surface area contributed by atoms with Crippen molar-refractivity contribution in [3.63, 3.8) is 0 Å². The standard InChI is InChI=1S/C15H17BrN2O2/c1-11-15(16)14(18(2)17-11)10-12(19)8-9-20-13-6-4-3-5-7-13/h3-7H,8-10H2,1-2H3. The van der Waals surface area contributed by atoms with Crippen LogP contribution in [0.25, 0.3) is 0 Å². The third-order valence-electron chi connectivity index (χ3n) is 3.02. The van der Waals surface area contributed by atoms with Gasteiger partial charge >= 0.3 is 0 Å². The van der Waals surface area contributed by atoms with Crippen molar-refractivity contribution in [1.29, 1.82) is 0 Å². The van der Waals surface area contributed by atoms with Gasteiger partial charge < -0.3 is 4.74 Å². The molecule has 0 N–H and O–H groups in total. The fourth-order valence-corrected chi connectivity index (χ4v) is 2.42. The lowest BCUT2D eigenvalue weighted by Gasteiger charge is -2.06. The number of rotatable bonds is 6. The van der Waals surface area contributed by atoms with Crippen molar-refractivity contribution in [1.82, 2.24) is 9.78 Å². The Morgan fingerprint density at radius 3 is 2.65 bits per heavy atom. The maximum Gasteiger partial charge on any atom is 0.142 e. The van der Waals surface area contributed by atoms with Gasteiger partial charge in [-0.2, -0.15) is 5.10 Å². The van der Waals surface area contributed by atoms with Crippen LogP contribution in [0.5, 0.6) is 5.75 Å². The van der Waals surface area contributed by atoms with Crippen LogP contribution in [0.3, 0.4) is 0 Å². The molecule has 0 fully saturated rings. The summed E-state index contributed by atoms with van der Waals surface area (Å²) in [4.78, 5) is 12.0. The van der Waals surface area contributed by atoms with E-state index in [1.54, 1.807) is 4.68 Å². The Morgan fingerprint density at radius 2 is 2.05 bits per heavy atom. The van der Waals surface area contributed by atoms with Gasteiger partial charge in [0.1, 0.15) is 11.5 Å². The fraction of sp³-hybridized carbons (Fsp3) is 0.333. The minimum atomic E-state index is 0.143. The number of aryl methyl sites for hydroxylation is 2. The van der Waals surface area contributed by atoms with Gasteiger partial charge in [-0.05, 0) is 35.0 Å². The molecule has 0 spiro atoms. The van der Waals surface area contributed by atoms with E-state index in [0.717, 1.165) is 21.6 Å². The summed E-state index contributed by atoms with van der Waals surface area (Å²) >= 11 is 3.47. The van der Waals surface area contributed by atoms with Crippen molar-refractivity contribution in [2.24, 2.45) is 7.05 Å². The minimum absolute atomic E-state index is 0.143. The molecule has 5 heteroatoms. The maximum atomic E-state index is 12.0. The lowest BCUT2D eigenvalue weighted by Crippen LogP contribution is -2.11. The first-order valence-electron chi connectivity index (χ1n) is 6.45. The molecule has 1 heterocycles. The van der Waals surface area contributed by atoms with Gasteiger partial charge in [0.25, 0.3) is 0 Å². The summed E-state index contributed by atoms with van der Waals surface area (Å²) < 4.78 is 8.18. The number of hydrogen-bond acceptors (Lipinski definition) is 3. The predicted molar refractivity (Wildman–Crippen MR) is 80.9 cm³/mol. The van der Waals surface area contributed by atoms with Crippen LogP contribution in [0.2, 0.25) is 0 Å². The van der Waals surface area contributed by atoms with Crippen LogP contribution in [-0.2, 0) is 18.3 Å². The normalized spacial score (nSPS) is 10.6. The number of carbonyl (C=O) groups is 1. The van der Waals surface area contributed by atoms with Crippen molar-refractivity contribution in [2.45, 2.75) is 19.8 Å². The van der Waals surface area contributed by atoms with Crippen molar-refractivity contribution in [3.05, 3.63) is 46.2 Å². The molecule has 1 aromatic heterocycles.